The molecule has 8 heteroatoms. The fourth-order valence-corrected chi connectivity index (χ4v) is 2.05. The van der Waals surface area contributed by atoms with Gasteiger partial charge in [-0.05, 0) is 19.8 Å². The van der Waals surface area contributed by atoms with Gasteiger partial charge < -0.3 is 5.32 Å². The van der Waals surface area contributed by atoms with E-state index in [1.165, 1.54) is 0 Å². The van der Waals surface area contributed by atoms with E-state index in [-0.39, 0.29) is 43.6 Å². The number of hydrogen-bond acceptors (Lipinski definition) is 4. The molecule has 0 spiro atoms. The van der Waals surface area contributed by atoms with Crippen molar-refractivity contribution in [1.82, 2.24) is 25.9 Å². The van der Waals surface area contributed by atoms with Gasteiger partial charge in [-0.25, -0.2) is 8.78 Å². The van der Waals surface area contributed by atoms with Crippen LogP contribution in [-0.2, 0) is 4.79 Å². The smallest absolute Gasteiger partial charge is 0.248 e. The Labute approximate surface area is 103 Å². The van der Waals surface area contributed by atoms with Crippen molar-refractivity contribution < 1.29 is 13.6 Å². The molecule has 0 saturated heterocycles. The van der Waals surface area contributed by atoms with Crippen molar-refractivity contribution in [2.75, 3.05) is 0 Å². The Kier molecular flexibility index (Phi) is 3.53. The van der Waals surface area contributed by atoms with Crippen LogP contribution in [-0.4, -0.2) is 32.5 Å². The molecule has 1 fully saturated rings. The molecular weight excluding hydrogens is 244 g/mol. The van der Waals surface area contributed by atoms with Crippen LogP contribution in [0.2, 0.25) is 0 Å². The molecule has 1 atom stereocenters. The number of amides is 1. The largest absolute Gasteiger partial charge is 0.346 e. The monoisotopic (exact) mass is 259 g/mol. The molecule has 0 aliphatic heterocycles. The van der Waals surface area contributed by atoms with E-state index in [2.05, 4.69) is 25.9 Å². The topological polar surface area (TPSA) is 83.6 Å². The van der Waals surface area contributed by atoms with Crippen LogP contribution < -0.4 is 5.32 Å². The normalized spacial score (nSPS) is 21.5. The lowest BCUT2D eigenvalue weighted by Gasteiger charge is -2.27. The number of rotatable bonds is 3. The van der Waals surface area contributed by atoms with Gasteiger partial charge in [0.25, 0.3) is 0 Å². The number of carbonyl (C=O) groups excluding carboxylic acids is 1. The minimum Gasteiger partial charge on any atom is -0.346 e. The molecule has 1 amide bonds. The van der Waals surface area contributed by atoms with E-state index in [0.717, 1.165) is 0 Å². The Balaban J connectivity index is 1.86. The Bertz CT molecular complexity index is 398. The van der Waals surface area contributed by atoms with Crippen molar-refractivity contribution in [1.29, 1.82) is 0 Å². The van der Waals surface area contributed by atoms with Gasteiger partial charge in [0.2, 0.25) is 11.8 Å². The molecule has 2 rings (SSSR count). The quantitative estimate of drug-likeness (QED) is 0.854. The van der Waals surface area contributed by atoms with E-state index >= 15 is 0 Å². The summed E-state index contributed by atoms with van der Waals surface area (Å²) in [6.45, 7) is 1.72. The van der Waals surface area contributed by atoms with Gasteiger partial charge in [-0.2, -0.15) is 5.21 Å². The molecule has 1 aromatic heterocycles. The van der Waals surface area contributed by atoms with Crippen LogP contribution in [0, 0.1) is 5.92 Å². The molecule has 1 saturated carbocycles. The number of alkyl halides is 2. The highest BCUT2D eigenvalue weighted by molar-refractivity contribution is 5.79. The second kappa shape index (κ2) is 4.95. The number of nitrogens with one attached hydrogen (secondary N) is 2. The van der Waals surface area contributed by atoms with Gasteiger partial charge in [-0.15, -0.1) is 10.2 Å². The van der Waals surface area contributed by atoms with Crippen molar-refractivity contribution in [3.8, 4) is 0 Å². The zero-order valence-corrected chi connectivity index (χ0v) is 9.99. The minimum atomic E-state index is -2.62. The summed E-state index contributed by atoms with van der Waals surface area (Å²) in [6, 6.07) is -0.376. The Morgan fingerprint density at radius 3 is 2.72 bits per heavy atom. The average molecular weight is 259 g/mol. The second-order valence-electron chi connectivity index (χ2n) is 4.63. The lowest BCUT2D eigenvalue weighted by atomic mass is 9.86. The highest BCUT2D eigenvalue weighted by Crippen LogP contribution is 2.36. The number of hydrogen-bond donors (Lipinski definition) is 2. The standard InChI is InChI=1S/C10H15F2N5O/c1-6(8-14-16-17-15-8)13-9(18)7-2-4-10(11,12)5-3-7/h6-7H,2-5H2,1H3,(H,13,18)(H,14,15,16,17). The first-order chi connectivity index (χ1) is 8.48. The predicted octanol–water partition coefficient (Wildman–Crippen LogP) is 1.20. The lowest BCUT2D eigenvalue weighted by molar-refractivity contribution is -0.129. The van der Waals surface area contributed by atoms with Gasteiger partial charge in [0.1, 0.15) is 0 Å². The summed E-state index contributed by atoms with van der Waals surface area (Å²) in [5, 5.41) is 15.9. The zero-order valence-electron chi connectivity index (χ0n) is 9.99. The van der Waals surface area contributed by atoms with Gasteiger partial charge in [-0.1, -0.05) is 5.21 Å². The van der Waals surface area contributed by atoms with Gasteiger partial charge in [0, 0.05) is 18.8 Å². The van der Waals surface area contributed by atoms with Crippen LogP contribution in [0.5, 0.6) is 0 Å². The van der Waals surface area contributed by atoms with Crippen molar-refractivity contribution >= 4 is 5.91 Å². The summed E-state index contributed by atoms with van der Waals surface area (Å²) in [4.78, 5) is 11.9. The van der Waals surface area contributed by atoms with Gasteiger partial charge >= 0.3 is 0 Å². The molecule has 1 aliphatic rings. The molecule has 0 radical (unpaired) electrons. The number of halogens is 2. The van der Waals surface area contributed by atoms with E-state index in [1.54, 1.807) is 6.92 Å². The Morgan fingerprint density at radius 1 is 1.50 bits per heavy atom. The second-order valence-corrected chi connectivity index (χ2v) is 4.63. The van der Waals surface area contributed by atoms with Crippen LogP contribution in [0.15, 0.2) is 0 Å². The maximum absolute atomic E-state index is 13.0. The average Bonchev–Trinajstić information content (AvgIpc) is 2.82. The Morgan fingerprint density at radius 2 is 2.17 bits per heavy atom. The first kappa shape index (κ1) is 12.8. The van der Waals surface area contributed by atoms with Crippen LogP contribution in [0.1, 0.15) is 44.5 Å². The molecule has 1 heterocycles. The predicted molar refractivity (Wildman–Crippen MR) is 57.6 cm³/mol. The summed E-state index contributed by atoms with van der Waals surface area (Å²) >= 11 is 0. The molecule has 100 valence electrons. The molecule has 2 N–H and O–H groups in total. The molecule has 0 aromatic carbocycles. The van der Waals surface area contributed by atoms with Crippen LogP contribution in [0.4, 0.5) is 8.78 Å². The number of aromatic nitrogens is 4. The molecule has 18 heavy (non-hydrogen) atoms. The maximum Gasteiger partial charge on any atom is 0.248 e. The van der Waals surface area contributed by atoms with Crippen LogP contribution in [0.25, 0.3) is 0 Å². The number of aromatic amines is 1. The van der Waals surface area contributed by atoms with Gasteiger partial charge in [0.15, 0.2) is 5.82 Å². The zero-order chi connectivity index (χ0) is 13.2. The van der Waals surface area contributed by atoms with Crippen LogP contribution in [0.3, 0.4) is 0 Å². The molecule has 1 unspecified atom stereocenters. The summed E-state index contributed by atoms with van der Waals surface area (Å²) < 4.78 is 25.9. The van der Waals surface area contributed by atoms with Crippen molar-refractivity contribution in [3.63, 3.8) is 0 Å². The van der Waals surface area contributed by atoms with E-state index in [9.17, 15) is 13.6 Å². The SMILES string of the molecule is CC(NC(=O)C1CCC(F)(F)CC1)c1nn[nH]n1. The van der Waals surface area contributed by atoms with E-state index in [4.69, 9.17) is 0 Å². The summed E-state index contributed by atoms with van der Waals surface area (Å²) in [5.74, 6) is -2.80. The molecular formula is C10H15F2N5O. The third kappa shape index (κ3) is 2.99. The maximum atomic E-state index is 13.0. The third-order valence-electron chi connectivity index (χ3n) is 3.20. The highest BCUT2D eigenvalue weighted by Gasteiger charge is 2.37. The first-order valence-corrected chi connectivity index (χ1v) is 5.89. The summed E-state index contributed by atoms with van der Waals surface area (Å²) in [6.07, 6.45) is -0.00104. The van der Waals surface area contributed by atoms with Crippen molar-refractivity contribution in [2.24, 2.45) is 5.92 Å². The van der Waals surface area contributed by atoms with Crippen LogP contribution >= 0.6 is 0 Å². The summed E-state index contributed by atoms with van der Waals surface area (Å²) in [5.41, 5.74) is 0. The van der Waals surface area contributed by atoms with E-state index in [1.807, 2.05) is 0 Å². The first-order valence-electron chi connectivity index (χ1n) is 5.89. The fraction of sp³-hybridized carbons (Fsp3) is 0.800. The molecule has 6 nitrogen and oxygen atoms in total. The van der Waals surface area contributed by atoms with E-state index in [0.29, 0.717) is 5.82 Å². The van der Waals surface area contributed by atoms with Crippen molar-refractivity contribution in [2.45, 2.75) is 44.6 Å². The summed E-state index contributed by atoms with van der Waals surface area (Å²) in [7, 11) is 0. The van der Waals surface area contributed by atoms with Gasteiger partial charge in [-0.3, -0.25) is 4.79 Å². The number of carbonyl (C=O) groups is 1. The lowest BCUT2D eigenvalue weighted by Crippen LogP contribution is -2.37. The highest BCUT2D eigenvalue weighted by atomic mass is 19.3. The van der Waals surface area contributed by atoms with E-state index < -0.39 is 5.92 Å². The minimum absolute atomic E-state index is 0.220. The molecule has 0 bridgehead atoms. The number of nitrogens with zero attached hydrogens (tertiary/aromatic N) is 3. The number of tetrazole rings is 1. The number of H-pyrrole nitrogens is 1. The van der Waals surface area contributed by atoms with Crippen molar-refractivity contribution in [3.05, 3.63) is 5.82 Å². The third-order valence-corrected chi connectivity index (χ3v) is 3.20. The molecule has 1 aromatic rings. The fourth-order valence-electron chi connectivity index (χ4n) is 2.05. The molecule has 1 aliphatic carbocycles. The Hall–Kier alpha value is -1.60. The van der Waals surface area contributed by atoms with Gasteiger partial charge in [0.05, 0.1) is 6.04 Å².